The van der Waals surface area contributed by atoms with E-state index in [4.69, 9.17) is 9.47 Å². The maximum Gasteiger partial charge on any atom is 0.407 e. The van der Waals surface area contributed by atoms with Gasteiger partial charge >= 0.3 is 12.1 Å². The highest BCUT2D eigenvalue weighted by molar-refractivity contribution is 5.87. The van der Waals surface area contributed by atoms with Crippen molar-refractivity contribution in [1.29, 1.82) is 0 Å². The largest absolute Gasteiger partial charge is 0.480 e. The highest BCUT2D eigenvalue weighted by Crippen LogP contribution is 2.44. The first kappa shape index (κ1) is 24.9. The molecule has 0 fully saturated rings. The second kappa shape index (κ2) is 11.5. The van der Waals surface area contributed by atoms with E-state index < -0.39 is 36.7 Å². The maximum absolute atomic E-state index is 12.3. The van der Waals surface area contributed by atoms with Crippen molar-refractivity contribution >= 4 is 18.0 Å². The topological polar surface area (TPSA) is 114 Å². The molecule has 8 nitrogen and oxygen atoms in total. The van der Waals surface area contributed by atoms with E-state index in [0.717, 1.165) is 27.8 Å². The minimum absolute atomic E-state index is 0.101. The summed E-state index contributed by atoms with van der Waals surface area (Å²) in [6.07, 6.45) is -1.55. The molecule has 0 radical (unpaired) electrons. The van der Waals surface area contributed by atoms with Crippen LogP contribution >= 0.6 is 0 Å². The van der Waals surface area contributed by atoms with Gasteiger partial charge in [0, 0.05) is 5.92 Å². The lowest BCUT2D eigenvalue weighted by molar-refractivity contribution is -0.146. The van der Waals surface area contributed by atoms with E-state index in [0.29, 0.717) is 0 Å². The lowest BCUT2D eigenvalue weighted by atomic mass is 9.98. The fourth-order valence-corrected chi connectivity index (χ4v) is 4.30. The molecule has 2 atom stereocenters. The van der Waals surface area contributed by atoms with Gasteiger partial charge in [-0.15, -0.1) is 0 Å². The van der Waals surface area contributed by atoms with Gasteiger partial charge in [-0.2, -0.15) is 0 Å². The van der Waals surface area contributed by atoms with Crippen LogP contribution in [0.1, 0.15) is 29.5 Å². The third-order valence-electron chi connectivity index (χ3n) is 6.14. The van der Waals surface area contributed by atoms with Gasteiger partial charge in [-0.3, -0.25) is 4.79 Å². The number of rotatable bonds is 10. The van der Waals surface area contributed by atoms with Crippen LogP contribution in [0.15, 0.2) is 78.9 Å². The summed E-state index contributed by atoms with van der Waals surface area (Å²) in [5, 5.41) is 14.3. The molecule has 36 heavy (non-hydrogen) atoms. The van der Waals surface area contributed by atoms with E-state index in [2.05, 4.69) is 10.6 Å². The molecule has 1 aliphatic rings. The predicted molar refractivity (Wildman–Crippen MR) is 133 cm³/mol. The van der Waals surface area contributed by atoms with Gasteiger partial charge in [0.25, 0.3) is 0 Å². The molecule has 4 rings (SSSR count). The van der Waals surface area contributed by atoms with Gasteiger partial charge < -0.3 is 25.2 Å². The third kappa shape index (κ3) is 5.90. The van der Waals surface area contributed by atoms with Crippen LogP contribution in [0.5, 0.6) is 0 Å². The molecule has 1 aliphatic carbocycles. The van der Waals surface area contributed by atoms with Crippen LogP contribution in [0.3, 0.4) is 0 Å². The molecule has 2 amide bonds. The predicted octanol–water partition coefficient (Wildman–Crippen LogP) is 3.70. The number of amides is 2. The van der Waals surface area contributed by atoms with Crippen LogP contribution in [0.2, 0.25) is 0 Å². The van der Waals surface area contributed by atoms with Gasteiger partial charge in [0.05, 0.1) is 12.7 Å². The number of hydrogen-bond acceptors (Lipinski definition) is 5. The summed E-state index contributed by atoms with van der Waals surface area (Å²) >= 11 is 0. The molecular formula is C28H28N2O6. The standard InChI is InChI=1S/C28H28N2O6/c1-18(35-16-19-9-3-2-4-10-19)26(27(32)33)30-25(31)15-29-28(34)36-17-24-22-13-7-5-11-20(22)21-12-6-8-14-23(21)24/h2-14,18,24,26H,15-17H2,1H3,(H,29,34)(H,30,31)(H,32,33). The van der Waals surface area contributed by atoms with Crippen molar-refractivity contribution in [2.75, 3.05) is 13.2 Å². The summed E-state index contributed by atoms with van der Waals surface area (Å²) in [6.45, 7) is 1.47. The Labute approximate surface area is 209 Å². The van der Waals surface area contributed by atoms with Gasteiger partial charge in [-0.05, 0) is 34.7 Å². The Balaban J connectivity index is 1.26. The molecule has 0 spiro atoms. The van der Waals surface area contributed by atoms with E-state index >= 15 is 0 Å². The van der Waals surface area contributed by atoms with Gasteiger partial charge in [0.2, 0.25) is 5.91 Å². The fraction of sp³-hybridized carbons (Fsp3) is 0.250. The minimum atomic E-state index is -1.27. The lowest BCUT2D eigenvalue weighted by Gasteiger charge is -2.22. The van der Waals surface area contributed by atoms with Crippen LogP contribution < -0.4 is 10.6 Å². The molecule has 8 heteroatoms. The van der Waals surface area contributed by atoms with Crippen LogP contribution in [-0.4, -0.2) is 48.4 Å². The summed E-state index contributed by atoms with van der Waals surface area (Å²) in [4.78, 5) is 36.3. The maximum atomic E-state index is 12.3. The molecule has 0 aliphatic heterocycles. The first-order valence-electron chi connectivity index (χ1n) is 11.7. The van der Waals surface area contributed by atoms with Gasteiger partial charge in [-0.1, -0.05) is 78.9 Å². The quantitative estimate of drug-likeness (QED) is 0.401. The number of fused-ring (bicyclic) bond motifs is 3. The molecule has 0 saturated heterocycles. The molecule has 3 aromatic rings. The van der Waals surface area contributed by atoms with Gasteiger partial charge in [-0.25, -0.2) is 9.59 Å². The Morgan fingerprint density at radius 2 is 1.47 bits per heavy atom. The molecule has 3 aromatic carbocycles. The normalized spacial score (nSPS) is 13.7. The number of carbonyl (C=O) groups excluding carboxylic acids is 2. The summed E-state index contributed by atoms with van der Waals surface area (Å²) in [6, 6.07) is 24.0. The summed E-state index contributed by atoms with van der Waals surface area (Å²) < 4.78 is 11.0. The SMILES string of the molecule is CC(OCc1ccccc1)C(NC(=O)CNC(=O)OCC1c2ccccc2-c2ccccc21)C(=O)O. The molecule has 0 aromatic heterocycles. The van der Waals surface area contributed by atoms with Crippen LogP contribution in [0.25, 0.3) is 11.1 Å². The molecule has 3 N–H and O–H groups in total. The fourth-order valence-electron chi connectivity index (χ4n) is 4.30. The van der Waals surface area contributed by atoms with Crippen molar-refractivity contribution in [3.8, 4) is 11.1 Å². The number of hydrogen-bond donors (Lipinski definition) is 3. The van der Waals surface area contributed by atoms with Gasteiger partial charge in [0.1, 0.15) is 13.2 Å². The summed E-state index contributed by atoms with van der Waals surface area (Å²) in [7, 11) is 0. The average Bonchev–Trinajstić information content (AvgIpc) is 3.22. The zero-order valence-electron chi connectivity index (χ0n) is 19.8. The second-order valence-corrected chi connectivity index (χ2v) is 8.56. The van der Waals surface area contributed by atoms with E-state index in [9.17, 15) is 19.5 Å². The number of carboxylic acid groups (broad SMARTS) is 1. The molecule has 2 unspecified atom stereocenters. The first-order valence-corrected chi connectivity index (χ1v) is 11.7. The number of carboxylic acids is 1. The van der Waals surface area contributed by atoms with Crippen molar-refractivity contribution < 1.29 is 29.0 Å². The lowest BCUT2D eigenvalue weighted by Crippen LogP contribution is -2.51. The Hall–Kier alpha value is -4.17. The Morgan fingerprint density at radius 3 is 2.08 bits per heavy atom. The molecule has 186 valence electrons. The highest BCUT2D eigenvalue weighted by atomic mass is 16.5. The number of alkyl carbamates (subject to hydrolysis) is 1. The minimum Gasteiger partial charge on any atom is -0.480 e. The average molecular weight is 489 g/mol. The van der Waals surface area contributed by atoms with E-state index in [1.165, 1.54) is 0 Å². The zero-order valence-corrected chi connectivity index (χ0v) is 19.8. The first-order chi connectivity index (χ1) is 17.4. The van der Waals surface area contributed by atoms with E-state index in [-0.39, 0.29) is 19.1 Å². The van der Waals surface area contributed by atoms with E-state index in [1.54, 1.807) is 6.92 Å². The number of carbonyl (C=O) groups is 3. The van der Waals surface area contributed by atoms with Crippen molar-refractivity contribution in [3.05, 3.63) is 95.6 Å². The van der Waals surface area contributed by atoms with Crippen LogP contribution in [0, 0.1) is 0 Å². The summed E-state index contributed by atoms with van der Waals surface area (Å²) in [5.74, 6) is -1.99. The number of aliphatic carboxylic acids is 1. The Kier molecular flexibility index (Phi) is 7.97. The van der Waals surface area contributed by atoms with Crippen molar-refractivity contribution in [2.45, 2.75) is 31.6 Å². The highest BCUT2D eigenvalue weighted by Gasteiger charge is 2.30. The number of nitrogens with one attached hydrogen (secondary N) is 2. The van der Waals surface area contributed by atoms with Crippen molar-refractivity contribution in [1.82, 2.24) is 10.6 Å². The zero-order chi connectivity index (χ0) is 25.5. The van der Waals surface area contributed by atoms with Crippen molar-refractivity contribution in [3.63, 3.8) is 0 Å². The van der Waals surface area contributed by atoms with Crippen LogP contribution in [0.4, 0.5) is 4.79 Å². The molecule has 0 bridgehead atoms. The van der Waals surface area contributed by atoms with Crippen LogP contribution in [-0.2, 0) is 25.7 Å². The Morgan fingerprint density at radius 1 is 0.889 bits per heavy atom. The molecule has 0 heterocycles. The molecule has 0 saturated carbocycles. The monoisotopic (exact) mass is 488 g/mol. The summed E-state index contributed by atoms with van der Waals surface area (Å²) in [5.41, 5.74) is 5.28. The van der Waals surface area contributed by atoms with Gasteiger partial charge in [0.15, 0.2) is 6.04 Å². The number of ether oxygens (including phenoxy) is 2. The Bertz CT molecular complexity index is 1180. The molecular weight excluding hydrogens is 460 g/mol. The van der Waals surface area contributed by atoms with E-state index in [1.807, 2.05) is 78.9 Å². The third-order valence-corrected chi connectivity index (χ3v) is 6.14. The second-order valence-electron chi connectivity index (χ2n) is 8.56. The van der Waals surface area contributed by atoms with Crippen molar-refractivity contribution in [2.24, 2.45) is 0 Å². The smallest absolute Gasteiger partial charge is 0.407 e. The number of benzene rings is 3.